The van der Waals surface area contributed by atoms with E-state index in [0.29, 0.717) is 6.54 Å². The summed E-state index contributed by atoms with van der Waals surface area (Å²) in [7, 11) is 0. The van der Waals surface area contributed by atoms with Gasteiger partial charge in [-0.1, -0.05) is 0 Å². The number of fused-ring (bicyclic) bond motifs is 2. The molecule has 0 aliphatic rings. The molecular weight excluding hydrogens is 190 g/mol. The molecule has 0 bridgehead atoms. The Morgan fingerprint density at radius 2 is 2.20 bits per heavy atom. The van der Waals surface area contributed by atoms with Gasteiger partial charge in [0.25, 0.3) is 0 Å². The van der Waals surface area contributed by atoms with Crippen LogP contribution in [0.15, 0.2) is 35.2 Å². The van der Waals surface area contributed by atoms with Crippen LogP contribution in [0.25, 0.3) is 21.9 Å². The molecule has 0 aliphatic carbocycles. The number of nitrogens with two attached hydrogens (primary N) is 1. The first-order valence-electron chi connectivity index (χ1n) is 4.69. The SMILES string of the molecule is NCc1nccc2cc3ncoc3cc12. The quantitative estimate of drug-likeness (QED) is 0.649. The van der Waals surface area contributed by atoms with Crippen molar-refractivity contribution in [3.05, 3.63) is 36.5 Å². The van der Waals surface area contributed by atoms with E-state index in [4.69, 9.17) is 10.2 Å². The molecule has 3 aromatic rings. The van der Waals surface area contributed by atoms with Gasteiger partial charge in [-0.15, -0.1) is 0 Å². The lowest BCUT2D eigenvalue weighted by atomic mass is 10.1. The summed E-state index contributed by atoms with van der Waals surface area (Å²) >= 11 is 0. The van der Waals surface area contributed by atoms with Crippen LogP contribution < -0.4 is 5.73 Å². The number of oxazole rings is 1. The first kappa shape index (κ1) is 8.38. The van der Waals surface area contributed by atoms with Crippen LogP contribution in [0.5, 0.6) is 0 Å². The zero-order valence-corrected chi connectivity index (χ0v) is 7.97. The molecule has 2 aromatic heterocycles. The summed E-state index contributed by atoms with van der Waals surface area (Å²) in [5.41, 5.74) is 8.13. The van der Waals surface area contributed by atoms with Crippen molar-refractivity contribution >= 4 is 21.9 Å². The standard InChI is InChI=1S/C11H9N3O/c12-5-10-8-4-11-9(14-6-15-11)3-7(8)1-2-13-10/h1-4,6H,5,12H2. The average molecular weight is 199 g/mol. The number of rotatable bonds is 1. The fraction of sp³-hybridized carbons (Fsp3) is 0.0909. The highest BCUT2D eigenvalue weighted by Crippen LogP contribution is 2.23. The lowest BCUT2D eigenvalue weighted by Gasteiger charge is -2.02. The lowest BCUT2D eigenvalue weighted by molar-refractivity contribution is 0.602. The van der Waals surface area contributed by atoms with Gasteiger partial charge in [0.1, 0.15) is 5.52 Å². The highest BCUT2D eigenvalue weighted by molar-refractivity contribution is 5.95. The van der Waals surface area contributed by atoms with Crippen LogP contribution in [-0.4, -0.2) is 9.97 Å². The Labute approximate surface area is 85.7 Å². The van der Waals surface area contributed by atoms with E-state index >= 15 is 0 Å². The van der Waals surface area contributed by atoms with Gasteiger partial charge >= 0.3 is 0 Å². The molecule has 2 N–H and O–H groups in total. The number of pyridine rings is 1. The second-order valence-corrected chi connectivity index (χ2v) is 3.36. The molecule has 0 fully saturated rings. The Morgan fingerprint density at radius 1 is 1.27 bits per heavy atom. The molecule has 4 nitrogen and oxygen atoms in total. The molecule has 4 heteroatoms. The normalized spacial score (nSPS) is 11.3. The molecule has 3 rings (SSSR count). The Balaban J connectivity index is 2.48. The maximum Gasteiger partial charge on any atom is 0.181 e. The summed E-state index contributed by atoms with van der Waals surface area (Å²) in [6.07, 6.45) is 3.20. The smallest absolute Gasteiger partial charge is 0.181 e. The second kappa shape index (κ2) is 3.03. The number of aromatic nitrogens is 2. The van der Waals surface area contributed by atoms with Crippen LogP contribution in [0, 0.1) is 0 Å². The van der Waals surface area contributed by atoms with E-state index in [2.05, 4.69) is 9.97 Å². The molecule has 0 spiro atoms. The van der Waals surface area contributed by atoms with Gasteiger partial charge in [0.15, 0.2) is 12.0 Å². The first-order chi connectivity index (χ1) is 7.38. The van der Waals surface area contributed by atoms with E-state index in [0.717, 1.165) is 27.6 Å². The van der Waals surface area contributed by atoms with Gasteiger partial charge in [-0.25, -0.2) is 4.98 Å². The molecule has 74 valence electrons. The van der Waals surface area contributed by atoms with Crippen molar-refractivity contribution in [1.82, 2.24) is 9.97 Å². The Morgan fingerprint density at radius 3 is 3.07 bits per heavy atom. The van der Waals surface area contributed by atoms with Crippen molar-refractivity contribution in [3.8, 4) is 0 Å². The van der Waals surface area contributed by atoms with Crippen LogP contribution in [0.2, 0.25) is 0 Å². The zero-order valence-electron chi connectivity index (χ0n) is 7.97. The molecule has 0 atom stereocenters. The summed E-state index contributed by atoms with van der Waals surface area (Å²) in [4.78, 5) is 8.34. The third-order valence-corrected chi connectivity index (χ3v) is 2.49. The van der Waals surface area contributed by atoms with Crippen molar-refractivity contribution < 1.29 is 4.42 Å². The van der Waals surface area contributed by atoms with Crippen LogP contribution in [0.1, 0.15) is 5.69 Å². The van der Waals surface area contributed by atoms with E-state index in [1.165, 1.54) is 6.39 Å². The predicted octanol–water partition coefficient (Wildman–Crippen LogP) is 1.83. The summed E-state index contributed by atoms with van der Waals surface area (Å²) in [6.45, 7) is 0.428. The van der Waals surface area contributed by atoms with Gasteiger partial charge in [0, 0.05) is 18.1 Å². The topological polar surface area (TPSA) is 64.9 Å². The highest BCUT2D eigenvalue weighted by atomic mass is 16.3. The fourth-order valence-corrected chi connectivity index (χ4v) is 1.75. The summed E-state index contributed by atoms with van der Waals surface area (Å²) in [5.74, 6) is 0. The Bertz CT molecular complexity index is 630. The molecule has 0 unspecified atom stereocenters. The summed E-state index contributed by atoms with van der Waals surface area (Å²) in [5, 5.41) is 2.12. The molecule has 0 saturated carbocycles. The molecule has 0 saturated heterocycles. The Hall–Kier alpha value is -1.94. The minimum Gasteiger partial charge on any atom is -0.443 e. The predicted molar refractivity (Wildman–Crippen MR) is 57.2 cm³/mol. The molecule has 1 aromatic carbocycles. The molecule has 0 aliphatic heterocycles. The minimum atomic E-state index is 0.428. The maximum atomic E-state index is 5.63. The fourth-order valence-electron chi connectivity index (χ4n) is 1.75. The van der Waals surface area contributed by atoms with Crippen LogP contribution in [-0.2, 0) is 6.54 Å². The molecule has 2 heterocycles. The number of nitrogens with zero attached hydrogens (tertiary/aromatic N) is 2. The zero-order chi connectivity index (χ0) is 10.3. The largest absolute Gasteiger partial charge is 0.443 e. The molecule has 0 amide bonds. The monoisotopic (exact) mass is 199 g/mol. The lowest BCUT2D eigenvalue weighted by Crippen LogP contribution is -1.99. The van der Waals surface area contributed by atoms with E-state index in [1.807, 2.05) is 18.2 Å². The van der Waals surface area contributed by atoms with Crippen LogP contribution in [0.4, 0.5) is 0 Å². The van der Waals surface area contributed by atoms with E-state index in [9.17, 15) is 0 Å². The summed E-state index contributed by atoms with van der Waals surface area (Å²) in [6, 6.07) is 5.87. The average Bonchev–Trinajstić information content (AvgIpc) is 2.72. The van der Waals surface area contributed by atoms with Gasteiger partial charge < -0.3 is 10.2 Å². The number of benzene rings is 1. The van der Waals surface area contributed by atoms with Gasteiger partial charge in [0.2, 0.25) is 0 Å². The first-order valence-corrected chi connectivity index (χ1v) is 4.69. The van der Waals surface area contributed by atoms with Crippen molar-refractivity contribution in [3.63, 3.8) is 0 Å². The van der Waals surface area contributed by atoms with E-state index in [1.54, 1.807) is 6.20 Å². The van der Waals surface area contributed by atoms with Gasteiger partial charge in [-0.05, 0) is 23.6 Å². The van der Waals surface area contributed by atoms with Crippen molar-refractivity contribution in [2.24, 2.45) is 5.73 Å². The minimum absolute atomic E-state index is 0.428. The highest BCUT2D eigenvalue weighted by Gasteiger charge is 2.05. The van der Waals surface area contributed by atoms with E-state index < -0.39 is 0 Å². The van der Waals surface area contributed by atoms with Gasteiger partial charge in [-0.2, -0.15) is 0 Å². The van der Waals surface area contributed by atoms with Crippen molar-refractivity contribution in [2.45, 2.75) is 6.54 Å². The Kier molecular flexibility index (Phi) is 1.69. The second-order valence-electron chi connectivity index (χ2n) is 3.36. The third kappa shape index (κ3) is 1.19. The summed E-state index contributed by atoms with van der Waals surface area (Å²) < 4.78 is 5.25. The maximum absolute atomic E-state index is 5.63. The molecule has 15 heavy (non-hydrogen) atoms. The third-order valence-electron chi connectivity index (χ3n) is 2.49. The number of hydrogen-bond acceptors (Lipinski definition) is 4. The van der Waals surface area contributed by atoms with Gasteiger partial charge in [-0.3, -0.25) is 4.98 Å². The van der Waals surface area contributed by atoms with E-state index in [-0.39, 0.29) is 0 Å². The molecule has 0 radical (unpaired) electrons. The van der Waals surface area contributed by atoms with Crippen molar-refractivity contribution in [1.29, 1.82) is 0 Å². The van der Waals surface area contributed by atoms with Crippen LogP contribution in [0.3, 0.4) is 0 Å². The number of hydrogen-bond donors (Lipinski definition) is 1. The van der Waals surface area contributed by atoms with Crippen molar-refractivity contribution in [2.75, 3.05) is 0 Å². The molecular formula is C11H9N3O. The van der Waals surface area contributed by atoms with Crippen LogP contribution >= 0.6 is 0 Å². The van der Waals surface area contributed by atoms with Gasteiger partial charge in [0.05, 0.1) is 5.69 Å².